The summed E-state index contributed by atoms with van der Waals surface area (Å²) in [6.07, 6.45) is 1.05. The molecule has 2 unspecified atom stereocenters. The van der Waals surface area contributed by atoms with Crippen LogP contribution in [0.4, 0.5) is 0 Å². The van der Waals surface area contributed by atoms with E-state index in [1.165, 1.54) is 18.2 Å². The fourth-order valence-corrected chi connectivity index (χ4v) is 2.43. The van der Waals surface area contributed by atoms with Gasteiger partial charge in [0.2, 0.25) is 0 Å². The Balaban J connectivity index is 2.02. The fourth-order valence-electron chi connectivity index (χ4n) is 2.43. The van der Waals surface area contributed by atoms with E-state index in [9.17, 15) is 15.0 Å². The lowest BCUT2D eigenvalue weighted by Crippen LogP contribution is -2.39. The standard InChI is InChI=1S/C14H19NO4/c1-9-11(5-6-19-9)15(2)8-14(18)10-3-4-12(16)13(17)7-10/h3-4,7,9,11,16-17H,5-6,8H2,1-2H3. The van der Waals surface area contributed by atoms with Gasteiger partial charge in [-0.1, -0.05) is 0 Å². The van der Waals surface area contributed by atoms with E-state index in [1.54, 1.807) is 0 Å². The molecule has 1 aromatic rings. The molecule has 1 aliphatic rings. The number of aromatic hydroxyl groups is 2. The van der Waals surface area contributed by atoms with Crippen LogP contribution in [0.15, 0.2) is 18.2 Å². The zero-order valence-electron chi connectivity index (χ0n) is 11.2. The number of carbonyl (C=O) groups excluding carboxylic acids is 1. The highest BCUT2D eigenvalue weighted by atomic mass is 16.5. The molecule has 19 heavy (non-hydrogen) atoms. The Morgan fingerprint density at radius 1 is 1.42 bits per heavy atom. The molecule has 104 valence electrons. The summed E-state index contributed by atoms with van der Waals surface area (Å²) >= 11 is 0. The second-order valence-corrected chi connectivity index (χ2v) is 4.97. The quantitative estimate of drug-likeness (QED) is 0.636. The summed E-state index contributed by atoms with van der Waals surface area (Å²) in [6, 6.07) is 4.37. The van der Waals surface area contributed by atoms with Gasteiger partial charge in [-0.05, 0) is 38.6 Å². The number of phenolic OH excluding ortho intramolecular Hbond substituents is 2. The normalized spacial score (nSPS) is 22.9. The van der Waals surface area contributed by atoms with Crippen molar-refractivity contribution in [3.8, 4) is 11.5 Å². The summed E-state index contributed by atoms with van der Waals surface area (Å²) in [5, 5.41) is 18.6. The summed E-state index contributed by atoms with van der Waals surface area (Å²) in [6.45, 7) is 3.00. The Bertz CT molecular complexity index is 475. The van der Waals surface area contributed by atoms with Crippen molar-refractivity contribution < 1.29 is 19.7 Å². The number of nitrogens with zero attached hydrogens (tertiary/aromatic N) is 1. The Kier molecular flexibility index (Phi) is 4.07. The van der Waals surface area contributed by atoms with E-state index >= 15 is 0 Å². The summed E-state index contributed by atoms with van der Waals surface area (Å²) in [7, 11) is 1.90. The first-order chi connectivity index (χ1) is 8.99. The van der Waals surface area contributed by atoms with Crippen LogP contribution in [-0.2, 0) is 4.74 Å². The van der Waals surface area contributed by atoms with Crippen molar-refractivity contribution in [2.75, 3.05) is 20.2 Å². The van der Waals surface area contributed by atoms with Crippen molar-refractivity contribution in [3.05, 3.63) is 23.8 Å². The number of hydrogen-bond acceptors (Lipinski definition) is 5. The number of benzene rings is 1. The van der Waals surface area contributed by atoms with Gasteiger partial charge in [0.1, 0.15) is 0 Å². The average Bonchev–Trinajstić information content (AvgIpc) is 2.79. The first-order valence-corrected chi connectivity index (χ1v) is 6.36. The number of carbonyl (C=O) groups is 1. The molecule has 1 aliphatic heterocycles. The molecule has 5 heteroatoms. The summed E-state index contributed by atoms with van der Waals surface area (Å²) in [4.78, 5) is 14.1. The molecule has 0 saturated carbocycles. The minimum atomic E-state index is -0.272. The summed E-state index contributed by atoms with van der Waals surface area (Å²) in [5.41, 5.74) is 0.397. The highest BCUT2D eigenvalue weighted by molar-refractivity contribution is 5.98. The van der Waals surface area contributed by atoms with E-state index in [0.717, 1.165) is 13.0 Å². The van der Waals surface area contributed by atoms with Gasteiger partial charge in [-0.2, -0.15) is 0 Å². The summed E-state index contributed by atoms with van der Waals surface area (Å²) < 4.78 is 5.48. The molecule has 0 bridgehead atoms. The Labute approximate surface area is 112 Å². The number of rotatable bonds is 4. The highest BCUT2D eigenvalue weighted by Gasteiger charge is 2.28. The first-order valence-electron chi connectivity index (χ1n) is 6.36. The molecule has 2 atom stereocenters. The number of likely N-dealkylation sites (N-methyl/N-ethyl adjacent to an activating group) is 1. The van der Waals surface area contributed by atoms with Crippen molar-refractivity contribution in [3.63, 3.8) is 0 Å². The van der Waals surface area contributed by atoms with Gasteiger partial charge >= 0.3 is 0 Å². The third-order valence-electron chi connectivity index (χ3n) is 3.59. The van der Waals surface area contributed by atoms with Gasteiger partial charge in [0.25, 0.3) is 0 Å². The van der Waals surface area contributed by atoms with Crippen molar-refractivity contribution in [1.29, 1.82) is 0 Å². The number of ether oxygens (including phenoxy) is 1. The lowest BCUT2D eigenvalue weighted by molar-refractivity contribution is 0.0745. The molecule has 0 radical (unpaired) electrons. The Hall–Kier alpha value is -1.59. The summed E-state index contributed by atoms with van der Waals surface area (Å²) in [5.74, 6) is -0.578. The topological polar surface area (TPSA) is 70.0 Å². The lowest BCUT2D eigenvalue weighted by atomic mass is 10.1. The smallest absolute Gasteiger partial charge is 0.176 e. The van der Waals surface area contributed by atoms with Gasteiger partial charge in [-0.3, -0.25) is 9.69 Å². The first kappa shape index (κ1) is 13.8. The van der Waals surface area contributed by atoms with Crippen LogP contribution in [0.2, 0.25) is 0 Å². The molecule has 0 aromatic heterocycles. The van der Waals surface area contributed by atoms with Crippen molar-refractivity contribution in [2.24, 2.45) is 0 Å². The largest absolute Gasteiger partial charge is 0.504 e. The van der Waals surface area contributed by atoms with E-state index in [2.05, 4.69) is 0 Å². The fraction of sp³-hybridized carbons (Fsp3) is 0.500. The molecule has 5 nitrogen and oxygen atoms in total. The highest BCUT2D eigenvalue weighted by Crippen LogP contribution is 2.25. The van der Waals surface area contributed by atoms with E-state index in [0.29, 0.717) is 5.56 Å². The molecule has 2 rings (SSSR count). The number of Topliss-reactive ketones (excluding diaryl/α,β-unsaturated/α-hetero) is 1. The van der Waals surface area contributed by atoms with Gasteiger partial charge in [-0.15, -0.1) is 0 Å². The molecule has 0 amide bonds. The van der Waals surface area contributed by atoms with E-state index in [-0.39, 0.29) is 36.0 Å². The minimum Gasteiger partial charge on any atom is -0.504 e. The minimum absolute atomic E-state index is 0.0862. The molecule has 0 aliphatic carbocycles. The molecule has 1 fully saturated rings. The van der Waals surface area contributed by atoms with Crippen LogP contribution in [0.1, 0.15) is 23.7 Å². The maximum absolute atomic E-state index is 12.1. The molecule has 1 heterocycles. The predicted octanol–water partition coefficient (Wildman–Crippen LogP) is 1.39. The Morgan fingerprint density at radius 3 is 2.74 bits per heavy atom. The van der Waals surface area contributed by atoms with Crippen molar-refractivity contribution in [2.45, 2.75) is 25.5 Å². The van der Waals surface area contributed by atoms with Gasteiger partial charge in [-0.25, -0.2) is 0 Å². The average molecular weight is 265 g/mol. The number of hydrogen-bond donors (Lipinski definition) is 2. The molecular weight excluding hydrogens is 246 g/mol. The van der Waals surface area contributed by atoms with E-state index < -0.39 is 0 Å². The van der Waals surface area contributed by atoms with E-state index in [1.807, 2.05) is 18.9 Å². The van der Waals surface area contributed by atoms with Crippen molar-refractivity contribution >= 4 is 5.78 Å². The molecule has 1 saturated heterocycles. The van der Waals surface area contributed by atoms with Crippen LogP contribution in [0.25, 0.3) is 0 Å². The lowest BCUT2D eigenvalue weighted by Gasteiger charge is -2.25. The third kappa shape index (κ3) is 3.05. The van der Waals surface area contributed by atoms with Crippen LogP contribution < -0.4 is 0 Å². The maximum Gasteiger partial charge on any atom is 0.176 e. The van der Waals surface area contributed by atoms with Crippen molar-refractivity contribution in [1.82, 2.24) is 4.90 Å². The number of phenols is 2. The van der Waals surface area contributed by atoms with Gasteiger partial charge in [0, 0.05) is 18.2 Å². The zero-order valence-corrected chi connectivity index (χ0v) is 11.2. The van der Waals surface area contributed by atoms with Crippen LogP contribution >= 0.6 is 0 Å². The Morgan fingerprint density at radius 2 is 2.16 bits per heavy atom. The molecule has 0 spiro atoms. The zero-order chi connectivity index (χ0) is 14.0. The number of ketones is 1. The SMILES string of the molecule is CC1OCCC1N(C)CC(=O)c1ccc(O)c(O)c1. The van der Waals surface area contributed by atoms with Gasteiger partial charge < -0.3 is 14.9 Å². The second kappa shape index (κ2) is 5.59. The van der Waals surface area contributed by atoms with Crippen LogP contribution in [0.3, 0.4) is 0 Å². The molecular formula is C14H19NO4. The van der Waals surface area contributed by atoms with Crippen LogP contribution in [0.5, 0.6) is 11.5 Å². The second-order valence-electron chi connectivity index (χ2n) is 4.97. The maximum atomic E-state index is 12.1. The van der Waals surface area contributed by atoms with E-state index in [4.69, 9.17) is 4.74 Å². The van der Waals surface area contributed by atoms with Gasteiger partial charge in [0.15, 0.2) is 17.3 Å². The predicted molar refractivity (Wildman–Crippen MR) is 70.6 cm³/mol. The third-order valence-corrected chi connectivity index (χ3v) is 3.59. The molecule has 2 N–H and O–H groups in total. The molecule has 1 aromatic carbocycles. The monoisotopic (exact) mass is 265 g/mol. The van der Waals surface area contributed by atoms with Crippen LogP contribution in [0, 0.1) is 0 Å². The van der Waals surface area contributed by atoms with Gasteiger partial charge in [0.05, 0.1) is 12.6 Å². The van der Waals surface area contributed by atoms with Crippen LogP contribution in [-0.4, -0.2) is 53.2 Å².